The summed E-state index contributed by atoms with van der Waals surface area (Å²) >= 11 is 0. The summed E-state index contributed by atoms with van der Waals surface area (Å²) in [6.45, 7) is 4.00. The fraction of sp³-hybridized carbons (Fsp3) is 0.538. The van der Waals surface area contributed by atoms with E-state index in [2.05, 4.69) is 29.6 Å². The third kappa shape index (κ3) is 2.80. The van der Waals surface area contributed by atoms with Gasteiger partial charge in [0, 0.05) is 6.42 Å². The minimum absolute atomic E-state index is 0.186. The number of fused-ring (bicyclic) bond motifs is 1. The maximum Gasteiger partial charge on any atom is 0.0704 e. The average Bonchev–Trinajstić information content (AvgIpc) is 2.31. The van der Waals surface area contributed by atoms with Crippen LogP contribution in [0.5, 0.6) is 0 Å². The summed E-state index contributed by atoms with van der Waals surface area (Å²) in [4.78, 5) is 0. The highest BCUT2D eigenvalue weighted by molar-refractivity contribution is 5.31. The maximum absolute atomic E-state index is 6.16. The van der Waals surface area contributed by atoms with E-state index in [-0.39, 0.29) is 5.66 Å². The van der Waals surface area contributed by atoms with Gasteiger partial charge in [-0.15, -0.1) is 0 Å². The predicted octanol–water partition coefficient (Wildman–Crippen LogP) is 2.08. The van der Waals surface area contributed by atoms with E-state index in [1.807, 2.05) is 20.9 Å². The van der Waals surface area contributed by atoms with Gasteiger partial charge < -0.3 is 11.1 Å². The minimum Gasteiger partial charge on any atom is -0.313 e. The number of likely N-dealkylation sites (N-methyl/N-ethyl adjacent to an activating group) is 1. The van der Waals surface area contributed by atoms with E-state index in [9.17, 15) is 0 Å². The molecule has 0 fully saturated rings. The Labute approximate surface area is 92.9 Å². The zero-order valence-electron chi connectivity index (χ0n) is 10.0. The molecule has 0 radical (unpaired) electrons. The summed E-state index contributed by atoms with van der Waals surface area (Å²) in [5, 5.41) is 3.20. The Morgan fingerprint density at radius 3 is 2.40 bits per heavy atom. The standard InChI is InChI=1S/C11H16N2.C2H6/c1-13-11(12)7-6-9-4-2-3-5-10(9)8-11;1-2/h2-5,13H,6-8,12H2,1H3;1-2H3. The number of aryl methyl sites for hydroxylation is 1. The van der Waals surface area contributed by atoms with Gasteiger partial charge in [-0.2, -0.15) is 0 Å². The van der Waals surface area contributed by atoms with Crippen molar-refractivity contribution in [3.63, 3.8) is 0 Å². The third-order valence-corrected chi connectivity index (χ3v) is 2.96. The molecule has 0 heterocycles. The number of nitrogens with one attached hydrogen (secondary N) is 1. The Bertz CT molecular complexity index is 309. The maximum atomic E-state index is 6.16. The molecule has 84 valence electrons. The molecule has 1 aliphatic carbocycles. The van der Waals surface area contributed by atoms with E-state index in [1.165, 1.54) is 11.1 Å². The Hall–Kier alpha value is -0.860. The van der Waals surface area contributed by atoms with Crippen LogP contribution >= 0.6 is 0 Å². The fourth-order valence-corrected chi connectivity index (χ4v) is 1.97. The second-order valence-corrected chi connectivity index (χ2v) is 3.85. The van der Waals surface area contributed by atoms with Crippen molar-refractivity contribution >= 4 is 0 Å². The van der Waals surface area contributed by atoms with E-state index in [0.29, 0.717) is 0 Å². The van der Waals surface area contributed by atoms with E-state index in [1.54, 1.807) is 0 Å². The highest BCUT2D eigenvalue weighted by Crippen LogP contribution is 2.24. The first kappa shape index (κ1) is 12.2. The summed E-state index contributed by atoms with van der Waals surface area (Å²) in [6, 6.07) is 8.56. The highest BCUT2D eigenvalue weighted by atomic mass is 15.1. The van der Waals surface area contributed by atoms with Crippen molar-refractivity contribution in [2.75, 3.05) is 7.05 Å². The van der Waals surface area contributed by atoms with Crippen LogP contribution in [0.4, 0.5) is 0 Å². The number of hydrogen-bond acceptors (Lipinski definition) is 2. The van der Waals surface area contributed by atoms with Crippen LogP contribution in [0.1, 0.15) is 31.4 Å². The van der Waals surface area contributed by atoms with Crippen LogP contribution in [-0.2, 0) is 12.8 Å². The van der Waals surface area contributed by atoms with Gasteiger partial charge in [-0.3, -0.25) is 0 Å². The third-order valence-electron chi connectivity index (χ3n) is 2.96. The number of rotatable bonds is 1. The Morgan fingerprint density at radius 1 is 1.20 bits per heavy atom. The number of hydrogen-bond donors (Lipinski definition) is 2. The molecule has 2 heteroatoms. The minimum atomic E-state index is -0.186. The lowest BCUT2D eigenvalue weighted by Crippen LogP contribution is -2.55. The molecule has 1 aliphatic rings. The summed E-state index contributed by atoms with van der Waals surface area (Å²) < 4.78 is 0. The largest absolute Gasteiger partial charge is 0.313 e. The van der Waals surface area contributed by atoms with Gasteiger partial charge in [0.15, 0.2) is 0 Å². The van der Waals surface area contributed by atoms with E-state index in [4.69, 9.17) is 5.73 Å². The molecule has 3 N–H and O–H groups in total. The molecule has 1 aromatic carbocycles. The Balaban J connectivity index is 0.000000531. The lowest BCUT2D eigenvalue weighted by atomic mass is 9.84. The van der Waals surface area contributed by atoms with E-state index >= 15 is 0 Å². The molecule has 2 nitrogen and oxygen atoms in total. The zero-order valence-corrected chi connectivity index (χ0v) is 10.0. The topological polar surface area (TPSA) is 38.0 Å². The molecule has 15 heavy (non-hydrogen) atoms. The summed E-state index contributed by atoms with van der Waals surface area (Å²) in [5.41, 5.74) is 8.83. The van der Waals surface area contributed by atoms with Gasteiger partial charge in [-0.05, 0) is 31.0 Å². The van der Waals surface area contributed by atoms with Gasteiger partial charge >= 0.3 is 0 Å². The second-order valence-electron chi connectivity index (χ2n) is 3.85. The van der Waals surface area contributed by atoms with Crippen molar-refractivity contribution in [1.82, 2.24) is 5.32 Å². The Kier molecular flexibility index (Phi) is 4.30. The molecule has 1 atom stereocenters. The van der Waals surface area contributed by atoms with Gasteiger partial charge in [0.2, 0.25) is 0 Å². The first-order valence-corrected chi connectivity index (χ1v) is 5.78. The summed E-state index contributed by atoms with van der Waals surface area (Å²) in [6.07, 6.45) is 3.06. The SMILES string of the molecule is CC.CNC1(N)CCc2ccccc2C1. The van der Waals surface area contributed by atoms with Crippen molar-refractivity contribution in [2.24, 2.45) is 5.73 Å². The van der Waals surface area contributed by atoms with Crippen LogP contribution in [0.15, 0.2) is 24.3 Å². The van der Waals surface area contributed by atoms with Crippen molar-refractivity contribution in [3.8, 4) is 0 Å². The monoisotopic (exact) mass is 206 g/mol. The molecule has 0 saturated carbocycles. The summed E-state index contributed by atoms with van der Waals surface area (Å²) in [5.74, 6) is 0. The van der Waals surface area contributed by atoms with Gasteiger partial charge in [0.25, 0.3) is 0 Å². The van der Waals surface area contributed by atoms with Crippen molar-refractivity contribution in [2.45, 2.75) is 38.8 Å². The summed E-state index contributed by atoms with van der Waals surface area (Å²) in [7, 11) is 1.94. The van der Waals surface area contributed by atoms with Crippen LogP contribution in [0.3, 0.4) is 0 Å². The van der Waals surface area contributed by atoms with Gasteiger partial charge in [0.05, 0.1) is 5.66 Å². The van der Waals surface area contributed by atoms with Crippen LogP contribution < -0.4 is 11.1 Å². The molecular weight excluding hydrogens is 184 g/mol. The van der Waals surface area contributed by atoms with Gasteiger partial charge in [-0.25, -0.2) is 0 Å². The normalized spacial score (nSPS) is 23.7. The van der Waals surface area contributed by atoms with Crippen LogP contribution in [0.25, 0.3) is 0 Å². The van der Waals surface area contributed by atoms with E-state index < -0.39 is 0 Å². The highest BCUT2D eigenvalue weighted by Gasteiger charge is 2.27. The average molecular weight is 206 g/mol. The molecule has 0 bridgehead atoms. The molecule has 1 aromatic rings. The van der Waals surface area contributed by atoms with Crippen LogP contribution in [0.2, 0.25) is 0 Å². The zero-order chi connectivity index (χ0) is 11.3. The van der Waals surface area contributed by atoms with Crippen molar-refractivity contribution < 1.29 is 0 Å². The molecule has 0 aromatic heterocycles. The lowest BCUT2D eigenvalue weighted by Gasteiger charge is -2.34. The van der Waals surface area contributed by atoms with Crippen LogP contribution in [0, 0.1) is 0 Å². The molecular formula is C13H22N2. The van der Waals surface area contributed by atoms with Crippen molar-refractivity contribution in [3.05, 3.63) is 35.4 Å². The van der Waals surface area contributed by atoms with Gasteiger partial charge in [-0.1, -0.05) is 38.1 Å². The molecule has 1 unspecified atom stereocenters. The lowest BCUT2D eigenvalue weighted by molar-refractivity contribution is 0.318. The fourth-order valence-electron chi connectivity index (χ4n) is 1.97. The first-order valence-electron chi connectivity index (χ1n) is 5.78. The number of nitrogens with two attached hydrogens (primary N) is 1. The Morgan fingerprint density at radius 2 is 1.80 bits per heavy atom. The van der Waals surface area contributed by atoms with Crippen LogP contribution in [-0.4, -0.2) is 12.7 Å². The molecule has 2 rings (SSSR count). The molecule has 0 amide bonds. The predicted molar refractivity (Wildman–Crippen MR) is 65.8 cm³/mol. The molecule has 0 saturated heterocycles. The second kappa shape index (κ2) is 5.29. The molecule has 0 aliphatic heterocycles. The van der Waals surface area contributed by atoms with E-state index in [0.717, 1.165) is 19.3 Å². The first-order chi connectivity index (χ1) is 7.23. The number of benzene rings is 1. The van der Waals surface area contributed by atoms with Crippen molar-refractivity contribution in [1.29, 1.82) is 0 Å². The van der Waals surface area contributed by atoms with Gasteiger partial charge in [0.1, 0.15) is 0 Å². The smallest absolute Gasteiger partial charge is 0.0704 e. The quantitative estimate of drug-likeness (QED) is 0.690. The molecule has 0 spiro atoms.